The number of benzene rings is 1. The van der Waals surface area contributed by atoms with E-state index in [0.29, 0.717) is 27.7 Å². The Kier molecular flexibility index (Phi) is 5.65. The molecular weight excluding hydrogens is 442 g/mol. The van der Waals surface area contributed by atoms with Crippen molar-refractivity contribution in [1.82, 2.24) is 14.1 Å². The Balaban J connectivity index is 1.66. The van der Waals surface area contributed by atoms with Crippen LogP contribution in [0.2, 0.25) is 0 Å². The van der Waals surface area contributed by atoms with Crippen LogP contribution in [0.4, 0.5) is 0 Å². The number of hydrogen-bond donors (Lipinski definition) is 0. The highest BCUT2D eigenvalue weighted by molar-refractivity contribution is 7.99. The molecule has 8 heteroatoms. The molecule has 0 radical (unpaired) electrons. The molecule has 164 valence electrons. The number of thiophene rings is 1. The van der Waals surface area contributed by atoms with E-state index in [4.69, 9.17) is 9.72 Å². The van der Waals surface area contributed by atoms with Crippen LogP contribution in [0.3, 0.4) is 0 Å². The molecule has 0 saturated carbocycles. The van der Waals surface area contributed by atoms with Gasteiger partial charge in [0, 0.05) is 18.1 Å². The third kappa shape index (κ3) is 3.57. The van der Waals surface area contributed by atoms with Gasteiger partial charge in [-0.05, 0) is 55.5 Å². The van der Waals surface area contributed by atoms with Crippen molar-refractivity contribution in [2.24, 2.45) is 7.05 Å². The predicted molar refractivity (Wildman–Crippen MR) is 129 cm³/mol. The topological polar surface area (TPSA) is 66.1 Å². The molecule has 1 aromatic carbocycles. The quantitative estimate of drug-likeness (QED) is 0.236. The van der Waals surface area contributed by atoms with Gasteiger partial charge < -0.3 is 9.30 Å². The smallest absolute Gasteiger partial charge is 0.267 e. The number of carbonyl (C=O) groups is 1. The van der Waals surface area contributed by atoms with Crippen LogP contribution in [0.1, 0.15) is 33.8 Å². The summed E-state index contributed by atoms with van der Waals surface area (Å²) in [6.45, 7) is 0. The molecule has 0 saturated heterocycles. The first-order valence-electron chi connectivity index (χ1n) is 10.6. The lowest BCUT2D eigenvalue weighted by Crippen LogP contribution is -2.23. The van der Waals surface area contributed by atoms with E-state index in [-0.39, 0.29) is 17.1 Å². The molecule has 5 rings (SSSR count). The van der Waals surface area contributed by atoms with Gasteiger partial charge in [-0.3, -0.25) is 14.2 Å². The number of rotatable bonds is 6. The first kappa shape index (κ1) is 21.0. The van der Waals surface area contributed by atoms with Crippen molar-refractivity contribution >= 4 is 39.1 Å². The number of ketones is 1. The monoisotopic (exact) mass is 465 g/mol. The molecule has 0 N–H and O–H groups in total. The van der Waals surface area contributed by atoms with Gasteiger partial charge >= 0.3 is 0 Å². The molecule has 0 aliphatic heterocycles. The van der Waals surface area contributed by atoms with Gasteiger partial charge in [0.1, 0.15) is 10.6 Å². The minimum Gasteiger partial charge on any atom is -0.495 e. The summed E-state index contributed by atoms with van der Waals surface area (Å²) < 4.78 is 8.97. The van der Waals surface area contributed by atoms with Crippen LogP contribution in [0, 0.1) is 0 Å². The van der Waals surface area contributed by atoms with Crippen LogP contribution in [-0.4, -0.2) is 32.8 Å². The number of thioether (sulfide) groups is 1. The zero-order valence-electron chi connectivity index (χ0n) is 18.0. The van der Waals surface area contributed by atoms with Gasteiger partial charge in [0.05, 0.1) is 29.6 Å². The summed E-state index contributed by atoms with van der Waals surface area (Å²) in [5.41, 5.74) is 2.33. The molecule has 0 fully saturated rings. The highest BCUT2D eigenvalue weighted by Gasteiger charge is 2.24. The lowest BCUT2D eigenvalue weighted by Gasteiger charge is -2.15. The predicted octanol–water partition coefficient (Wildman–Crippen LogP) is 4.65. The average Bonchev–Trinajstić information content (AvgIpc) is 3.40. The molecule has 0 bridgehead atoms. The van der Waals surface area contributed by atoms with Crippen LogP contribution in [-0.2, 0) is 19.9 Å². The van der Waals surface area contributed by atoms with Crippen LogP contribution >= 0.6 is 23.1 Å². The maximum Gasteiger partial charge on any atom is 0.267 e. The van der Waals surface area contributed by atoms with Crippen molar-refractivity contribution in [3.05, 3.63) is 69.1 Å². The second-order valence-electron chi connectivity index (χ2n) is 7.81. The average molecular weight is 466 g/mol. The fraction of sp³-hybridized carbons (Fsp3) is 0.292. The summed E-state index contributed by atoms with van der Waals surface area (Å²) in [6, 6.07) is 11.1. The number of hydrogen-bond acceptors (Lipinski definition) is 6. The van der Waals surface area contributed by atoms with Gasteiger partial charge in [-0.2, -0.15) is 0 Å². The number of aryl methyl sites for hydroxylation is 3. The molecule has 4 aromatic rings. The van der Waals surface area contributed by atoms with Crippen LogP contribution < -0.4 is 10.3 Å². The van der Waals surface area contributed by atoms with E-state index in [1.807, 2.05) is 43.6 Å². The molecule has 6 nitrogen and oxygen atoms in total. The van der Waals surface area contributed by atoms with Gasteiger partial charge in [-0.25, -0.2) is 4.98 Å². The first-order valence-corrected chi connectivity index (χ1v) is 12.4. The van der Waals surface area contributed by atoms with E-state index in [9.17, 15) is 9.59 Å². The molecular formula is C24H23N3O3S2. The third-order valence-electron chi connectivity index (χ3n) is 5.85. The molecule has 3 aromatic heterocycles. The standard InChI is InChI=1S/C24H23N3O3S2/c1-26-13-7-10-16(26)18(28)14-31-24-25-22-21(15-8-3-6-12-20(15)32-22)23(29)27(24)17-9-4-5-11-19(17)30-2/h4-5,7,9-11,13H,3,6,8,12,14H2,1-2H3. The molecule has 0 amide bonds. The number of carbonyl (C=O) groups excluding carboxylic acids is 1. The van der Waals surface area contributed by atoms with E-state index >= 15 is 0 Å². The summed E-state index contributed by atoms with van der Waals surface area (Å²) in [7, 11) is 3.44. The molecule has 0 spiro atoms. The van der Waals surface area contributed by atoms with E-state index < -0.39 is 0 Å². The zero-order chi connectivity index (χ0) is 22.2. The molecule has 0 atom stereocenters. The summed E-state index contributed by atoms with van der Waals surface area (Å²) in [5.74, 6) is 0.778. The molecule has 3 heterocycles. The summed E-state index contributed by atoms with van der Waals surface area (Å²) in [6.07, 6.45) is 6.00. The summed E-state index contributed by atoms with van der Waals surface area (Å²) >= 11 is 2.91. The number of Topliss-reactive ketones (excluding diaryl/α,β-unsaturated/α-hetero) is 1. The number of nitrogens with zero attached hydrogens (tertiary/aromatic N) is 3. The maximum atomic E-state index is 13.9. The summed E-state index contributed by atoms with van der Waals surface area (Å²) in [5, 5.41) is 1.22. The minimum absolute atomic E-state index is 0.00565. The number of para-hydroxylation sites is 2. The normalized spacial score (nSPS) is 13.3. The highest BCUT2D eigenvalue weighted by atomic mass is 32.2. The molecule has 0 unspecified atom stereocenters. The van der Waals surface area contributed by atoms with Crippen molar-refractivity contribution in [3.8, 4) is 11.4 Å². The van der Waals surface area contributed by atoms with Gasteiger partial charge in [-0.15, -0.1) is 11.3 Å². The van der Waals surface area contributed by atoms with Gasteiger partial charge in [0.25, 0.3) is 5.56 Å². The Morgan fingerprint density at radius 2 is 2.00 bits per heavy atom. The van der Waals surface area contributed by atoms with Crippen molar-refractivity contribution in [1.29, 1.82) is 0 Å². The van der Waals surface area contributed by atoms with Crippen molar-refractivity contribution in [3.63, 3.8) is 0 Å². The molecule has 1 aliphatic carbocycles. The number of methoxy groups -OCH3 is 1. The Morgan fingerprint density at radius 1 is 1.19 bits per heavy atom. The van der Waals surface area contributed by atoms with E-state index in [1.165, 1.54) is 16.6 Å². The SMILES string of the molecule is COc1ccccc1-n1c(SCC(=O)c2cccn2C)nc2sc3c(c2c1=O)CCCC3. The fourth-order valence-corrected chi connectivity index (χ4v) is 6.45. The maximum absolute atomic E-state index is 13.9. The Morgan fingerprint density at radius 3 is 2.78 bits per heavy atom. The largest absolute Gasteiger partial charge is 0.495 e. The number of aromatic nitrogens is 3. The number of fused-ring (bicyclic) bond motifs is 3. The van der Waals surface area contributed by atoms with Gasteiger partial charge in [-0.1, -0.05) is 23.9 Å². The molecule has 32 heavy (non-hydrogen) atoms. The van der Waals surface area contributed by atoms with Crippen LogP contribution in [0.25, 0.3) is 15.9 Å². The third-order valence-corrected chi connectivity index (χ3v) is 7.97. The second kappa shape index (κ2) is 8.60. The van der Waals surface area contributed by atoms with Gasteiger partial charge in [0.2, 0.25) is 0 Å². The lowest BCUT2D eigenvalue weighted by atomic mass is 9.97. The Labute approximate surface area is 193 Å². The Hall–Kier alpha value is -2.84. The van der Waals surface area contributed by atoms with Crippen molar-refractivity contribution in [2.75, 3.05) is 12.9 Å². The van der Waals surface area contributed by atoms with Crippen molar-refractivity contribution in [2.45, 2.75) is 30.8 Å². The first-order chi connectivity index (χ1) is 15.6. The van der Waals surface area contributed by atoms with E-state index in [0.717, 1.165) is 36.1 Å². The van der Waals surface area contributed by atoms with E-state index in [1.54, 1.807) is 33.6 Å². The Bertz CT molecular complexity index is 1380. The van der Waals surface area contributed by atoms with Gasteiger partial charge in [0.15, 0.2) is 10.9 Å². The molecule has 1 aliphatic rings. The fourth-order valence-electron chi connectivity index (χ4n) is 4.26. The summed E-state index contributed by atoms with van der Waals surface area (Å²) in [4.78, 5) is 33.6. The minimum atomic E-state index is -0.0901. The van der Waals surface area contributed by atoms with Crippen LogP contribution in [0.5, 0.6) is 5.75 Å². The zero-order valence-corrected chi connectivity index (χ0v) is 19.6. The highest BCUT2D eigenvalue weighted by Crippen LogP contribution is 2.36. The van der Waals surface area contributed by atoms with Crippen molar-refractivity contribution < 1.29 is 9.53 Å². The van der Waals surface area contributed by atoms with E-state index in [2.05, 4.69) is 0 Å². The van der Waals surface area contributed by atoms with Crippen LogP contribution in [0.15, 0.2) is 52.5 Å². The lowest BCUT2D eigenvalue weighted by molar-refractivity contribution is 0.101. The number of ether oxygens (including phenoxy) is 1. The second-order valence-corrected chi connectivity index (χ2v) is 9.84.